The number of carbonyl (C=O) groups excluding carboxylic acids is 1. The van der Waals surface area contributed by atoms with Crippen LogP contribution in [-0.2, 0) is 4.79 Å². The summed E-state index contributed by atoms with van der Waals surface area (Å²) in [7, 11) is 0. The third-order valence-electron chi connectivity index (χ3n) is 5.74. The van der Waals surface area contributed by atoms with Crippen LogP contribution >= 0.6 is 11.8 Å². The zero-order valence-electron chi connectivity index (χ0n) is 14.3. The first-order chi connectivity index (χ1) is 11.2. The normalized spacial score (nSPS) is 27.8. The van der Waals surface area contributed by atoms with Gasteiger partial charge >= 0.3 is 0 Å². The molecule has 2 nitrogen and oxygen atoms in total. The molecule has 1 aromatic carbocycles. The minimum atomic E-state index is 0.207. The molecule has 0 radical (unpaired) electrons. The Hall–Kier alpha value is -0.960. The van der Waals surface area contributed by atoms with Crippen molar-refractivity contribution in [2.45, 2.75) is 68.7 Å². The van der Waals surface area contributed by atoms with Gasteiger partial charge in [-0.05, 0) is 50.2 Å². The quantitative estimate of drug-likeness (QED) is 0.674. The largest absolute Gasteiger partial charge is 0.336 e. The Morgan fingerprint density at radius 3 is 2.61 bits per heavy atom. The third kappa shape index (κ3) is 3.93. The number of rotatable bonds is 6. The van der Waals surface area contributed by atoms with E-state index in [1.807, 2.05) is 11.8 Å². The van der Waals surface area contributed by atoms with Crippen molar-refractivity contribution in [3.63, 3.8) is 0 Å². The summed E-state index contributed by atoms with van der Waals surface area (Å²) >= 11 is 1.87. The molecule has 0 N–H and O–H groups in total. The van der Waals surface area contributed by atoms with Crippen molar-refractivity contribution in [1.82, 2.24) is 4.90 Å². The summed E-state index contributed by atoms with van der Waals surface area (Å²) < 4.78 is 0. The predicted octanol–water partition coefficient (Wildman–Crippen LogP) is 5.13. The Morgan fingerprint density at radius 2 is 1.91 bits per heavy atom. The van der Waals surface area contributed by atoms with Crippen molar-refractivity contribution in [2.24, 2.45) is 5.92 Å². The van der Waals surface area contributed by atoms with E-state index in [0.29, 0.717) is 5.91 Å². The molecule has 3 heteroatoms. The van der Waals surface area contributed by atoms with Crippen molar-refractivity contribution in [3.8, 4) is 0 Å². The molecule has 1 aliphatic heterocycles. The molecule has 23 heavy (non-hydrogen) atoms. The number of benzene rings is 1. The monoisotopic (exact) mass is 331 g/mol. The van der Waals surface area contributed by atoms with Gasteiger partial charge in [-0.1, -0.05) is 38.0 Å². The summed E-state index contributed by atoms with van der Waals surface area (Å²) in [6.07, 6.45) is 9.66. The Labute approximate surface area is 145 Å². The average molecular weight is 332 g/mol. The number of amides is 1. The first kappa shape index (κ1) is 16.9. The van der Waals surface area contributed by atoms with Gasteiger partial charge in [0, 0.05) is 29.2 Å². The van der Waals surface area contributed by atoms with Crippen LogP contribution in [0.25, 0.3) is 0 Å². The van der Waals surface area contributed by atoms with Gasteiger partial charge in [0.2, 0.25) is 5.91 Å². The summed E-state index contributed by atoms with van der Waals surface area (Å²) in [4.78, 5) is 16.0. The van der Waals surface area contributed by atoms with E-state index in [4.69, 9.17) is 0 Å². The van der Waals surface area contributed by atoms with Gasteiger partial charge in [-0.2, -0.15) is 0 Å². The van der Waals surface area contributed by atoms with Crippen LogP contribution in [0.1, 0.15) is 58.3 Å². The summed E-state index contributed by atoms with van der Waals surface area (Å²) in [6, 6.07) is 10.5. The highest BCUT2D eigenvalue weighted by Gasteiger charge is 2.46. The second kappa shape index (κ2) is 7.74. The lowest BCUT2D eigenvalue weighted by atomic mass is 9.74. The van der Waals surface area contributed by atoms with E-state index in [-0.39, 0.29) is 5.54 Å². The van der Waals surface area contributed by atoms with Gasteiger partial charge < -0.3 is 4.90 Å². The zero-order valence-corrected chi connectivity index (χ0v) is 15.1. The van der Waals surface area contributed by atoms with Gasteiger partial charge in [0.05, 0.1) is 0 Å². The van der Waals surface area contributed by atoms with Crippen LogP contribution < -0.4 is 0 Å². The minimum absolute atomic E-state index is 0.207. The molecule has 1 saturated carbocycles. The third-order valence-corrected chi connectivity index (χ3v) is 6.73. The lowest BCUT2D eigenvalue weighted by Crippen LogP contribution is -2.49. The van der Waals surface area contributed by atoms with Gasteiger partial charge in [0.15, 0.2) is 0 Å². The molecule has 0 aromatic heterocycles. The van der Waals surface area contributed by atoms with Gasteiger partial charge in [-0.25, -0.2) is 0 Å². The molecule has 1 aliphatic carbocycles. The molecule has 1 heterocycles. The van der Waals surface area contributed by atoms with Crippen LogP contribution in [-0.4, -0.2) is 28.6 Å². The van der Waals surface area contributed by atoms with Crippen molar-refractivity contribution < 1.29 is 4.79 Å². The first-order valence-electron chi connectivity index (χ1n) is 9.22. The fraction of sp³-hybridized carbons (Fsp3) is 0.650. The molecule has 0 unspecified atom stereocenters. The van der Waals surface area contributed by atoms with E-state index >= 15 is 0 Å². The van der Waals surface area contributed by atoms with E-state index < -0.39 is 0 Å². The molecule has 3 rings (SSSR count). The maximum atomic E-state index is 12.4. The maximum Gasteiger partial charge on any atom is 0.223 e. The summed E-state index contributed by atoms with van der Waals surface area (Å²) in [5, 5.41) is 0. The molecule has 1 aromatic rings. The van der Waals surface area contributed by atoms with Crippen LogP contribution in [0.4, 0.5) is 0 Å². The Morgan fingerprint density at radius 1 is 1.17 bits per heavy atom. The van der Waals surface area contributed by atoms with Gasteiger partial charge in [-0.15, -0.1) is 11.8 Å². The average Bonchev–Trinajstić information content (AvgIpc) is 2.88. The standard InChI is InChI=1S/C20H29NOS/c1-2-6-17-9-12-20(13-10-17)14-11-19(22)21(20)15-16-23-18-7-4-3-5-8-18/h3-5,7-8,17H,2,6,9-16H2,1H3. The molecule has 126 valence electrons. The molecular formula is C20H29NOS. The highest BCUT2D eigenvalue weighted by atomic mass is 32.2. The molecule has 1 amide bonds. The molecule has 2 aliphatic rings. The molecule has 2 fully saturated rings. The van der Waals surface area contributed by atoms with Crippen molar-refractivity contribution in [1.29, 1.82) is 0 Å². The Kier molecular flexibility index (Phi) is 5.68. The van der Waals surface area contributed by atoms with E-state index in [1.165, 1.54) is 43.4 Å². The Bertz CT molecular complexity index is 508. The molecule has 0 bridgehead atoms. The van der Waals surface area contributed by atoms with Crippen molar-refractivity contribution in [2.75, 3.05) is 12.3 Å². The number of nitrogens with zero attached hydrogens (tertiary/aromatic N) is 1. The van der Waals surface area contributed by atoms with Crippen molar-refractivity contribution in [3.05, 3.63) is 30.3 Å². The SMILES string of the molecule is CCCC1CCC2(CCC(=O)N2CCSc2ccccc2)CC1. The summed E-state index contributed by atoms with van der Waals surface area (Å²) in [5.41, 5.74) is 0.207. The van der Waals surface area contributed by atoms with Gasteiger partial charge in [-0.3, -0.25) is 4.79 Å². The predicted molar refractivity (Wildman–Crippen MR) is 97.7 cm³/mol. The number of carbonyl (C=O) groups is 1. The van der Waals surface area contributed by atoms with Crippen molar-refractivity contribution >= 4 is 17.7 Å². The lowest BCUT2D eigenvalue weighted by molar-refractivity contribution is -0.132. The molecular weight excluding hydrogens is 302 g/mol. The second-order valence-corrected chi connectivity index (χ2v) is 8.33. The topological polar surface area (TPSA) is 20.3 Å². The van der Waals surface area contributed by atoms with E-state index in [9.17, 15) is 4.79 Å². The minimum Gasteiger partial charge on any atom is -0.336 e. The van der Waals surface area contributed by atoms with Crippen LogP contribution in [0, 0.1) is 5.92 Å². The fourth-order valence-electron chi connectivity index (χ4n) is 4.44. The highest BCUT2D eigenvalue weighted by Crippen LogP contribution is 2.44. The number of hydrogen-bond donors (Lipinski definition) is 0. The number of likely N-dealkylation sites (tertiary alicyclic amines) is 1. The first-order valence-corrected chi connectivity index (χ1v) is 10.2. The summed E-state index contributed by atoms with van der Waals surface area (Å²) in [5.74, 6) is 2.31. The highest BCUT2D eigenvalue weighted by molar-refractivity contribution is 7.99. The molecule has 1 spiro atoms. The molecule has 0 atom stereocenters. The fourth-order valence-corrected chi connectivity index (χ4v) is 5.30. The smallest absolute Gasteiger partial charge is 0.223 e. The molecule has 1 saturated heterocycles. The summed E-state index contributed by atoms with van der Waals surface area (Å²) in [6.45, 7) is 3.20. The second-order valence-electron chi connectivity index (χ2n) is 7.16. The van der Waals surface area contributed by atoms with E-state index in [2.05, 4.69) is 42.2 Å². The van der Waals surface area contributed by atoms with Crippen LogP contribution in [0.2, 0.25) is 0 Å². The number of hydrogen-bond acceptors (Lipinski definition) is 2. The van der Waals surface area contributed by atoms with Crippen LogP contribution in [0.15, 0.2) is 35.2 Å². The van der Waals surface area contributed by atoms with E-state index in [1.54, 1.807) is 0 Å². The maximum absolute atomic E-state index is 12.4. The van der Waals surface area contributed by atoms with E-state index in [0.717, 1.165) is 31.1 Å². The van der Waals surface area contributed by atoms with Crippen LogP contribution in [0.3, 0.4) is 0 Å². The van der Waals surface area contributed by atoms with Gasteiger partial charge in [0.1, 0.15) is 0 Å². The lowest BCUT2D eigenvalue weighted by Gasteiger charge is -2.44. The van der Waals surface area contributed by atoms with Crippen LogP contribution in [0.5, 0.6) is 0 Å². The Balaban J connectivity index is 1.55. The van der Waals surface area contributed by atoms with Gasteiger partial charge in [0.25, 0.3) is 0 Å². The number of thioether (sulfide) groups is 1. The zero-order chi connectivity index (χ0) is 16.1.